The number of rotatable bonds is 1. The molecule has 0 spiro atoms. The quantitative estimate of drug-likeness (QED) is 0.757. The van der Waals surface area contributed by atoms with Gasteiger partial charge in [-0.2, -0.15) is 13.2 Å². The number of hydrogen-bond acceptors (Lipinski definition) is 3. The van der Waals surface area contributed by atoms with E-state index >= 15 is 0 Å². The molecule has 0 saturated heterocycles. The summed E-state index contributed by atoms with van der Waals surface area (Å²) in [6.07, 6.45) is -4.58. The summed E-state index contributed by atoms with van der Waals surface area (Å²) in [6.45, 7) is -0.00622. The summed E-state index contributed by atoms with van der Waals surface area (Å²) in [5.74, 6) is -1.84. The van der Waals surface area contributed by atoms with Crippen molar-refractivity contribution in [2.45, 2.75) is 19.3 Å². The molecule has 2 aromatic rings. The van der Waals surface area contributed by atoms with Crippen LogP contribution in [0.1, 0.15) is 22.0 Å². The molecule has 0 unspecified atom stereocenters. The highest BCUT2D eigenvalue weighted by Crippen LogP contribution is 2.29. The van der Waals surface area contributed by atoms with Crippen LogP contribution in [-0.2, 0) is 19.3 Å². The Balaban J connectivity index is 1.81. The predicted octanol–water partition coefficient (Wildman–Crippen LogP) is 2.09. The molecule has 0 bridgehead atoms. The van der Waals surface area contributed by atoms with Gasteiger partial charge in [0.2, 0.25) is 5.82 Å². The minimum atomic E-state index is -4.58. The molecule has 9 heteroatoms. The molecule has 116 valence electrons. The smallest absolute Gasteiger partial charge is 0.329 e. The maximum Gasteiger partial charge on any atom is 0.451 e. The average Bonchev–Trinajstić information content (AvgIpc) is 2.90. The fourth-order valence-electron chi connectivity index (χ4n) is 2.32. The van der Waals surface area contributed by atoms with Crippen molar-refractivity contribution in [2.75, 3.05) is 6.54 Å². The molecule has 1 aromatic heterocycles. The highest BCUT2D eigenvalue weighted by atomic mass is 19.4. The summed E-state index contributed by atoms with van der Waals surface area (Å²) >= 11 is 0. The summed E-state index contributed by atoms with van der Waals surface area (Å²) < 4.78 is 52.0. The third-order valence-corrected chi connectivity index (χ3v) is 3.39. The second-order valence-electron chi connectivity index (χ2n) is 4.82. The summed E-state index contributed by atoms with van der Waals surface area (Å²) in [5, 5.41) is 6.65. The van der Waals surface area contributed by atoms with Gasteiger partial charge in [-0.3, -0.25) is 4.79 Å². The molecule has 2 heterocycles. The number of hydrogen-bond donors (Lipinski definition) is 0. The van der Waals surface area contributed by atoms with Crippen LogP contribution in [0.4, 0.5) is 17.6 Å². The maximum absolute atomic E-state index is 12.9. The molecule has 0 radical (unpaired) electrons. The number of fused-ring (bicyclic) bond motifs is 1. The Morgan fingerprint density at radius 2 is 1.77 bits per heavy atom. The third kappa shape index (κ3) is 2.53. The van der Waals surface area contributed by atoms with E-state index in [1.54, 1.807) is 0 Å². The topological polar surface area (TPSA) is 51.0 Å². The van der Waals surface area contributed by atoms with Crippen LogP contribution >= 0.6 is 0 Å². The summed E-state index contributed by atoms with van der Waals surface area (Å²) in [7, 11) is 0. The fourth-order valence-corrected chi connectivity index (χ4v) is 2.32. The van der Waals surface area contributed by atoms with E-state index in [-0.39, 0.29) is 36.9 Å². The number of alkyl halides is 3. The van der Waals surface area contributed by atoms with Gasteiger partial charge in [0, 0.05) is 18.7 Å². The van der Waals surface area contributed by atoms with Gasteiger partial charge in [-0.25, -0.2) is 4.39 Å². The molecule has 0 atom stereocenters. The first-order valence-corrected chi connectivity index (χ1v) is 6.40. The summed E-state index contributed by atoms with van der Waals surface area (Å²) in [6, 6.07) is 4.97. The zero-order valence-corrected chi connectivity index (χ0v) is 11.1. The van der Waals surface area contributed by atoms with Crippen LogP contribution in [-0.4, -0.2) is 32.1 Å². The maximum atomic E-state index is 12.9. The number of aromatic nitrogens is 3. The standard InChI is InChI=1S/C13H10F4N4O/c14-9-3-1-8(2-4-9)11(22)20-5-6-21-10(7-20)18-19-12(21)13(15,16)17/h1-4H,5-7H2. The molecule has 5 nitrogen and oxygen atoms in total. The van der Waals surface area contributed by atoms with Crippen LogP contribution in [0.3, 0.4) is 0 Å². The molecule has 0 aliphatic carbocycles. The Morgan fingerprint density at radius 3 is 2.41 bits per heavy atom. The third-order valence-electron chi connectivity index (χ3n) is 3.39. The van der Waals surface area contributed by atoms with E-state index in [0.717, 1.165) is 16.7 Å². The van der Waals surface area contributed by atoms with Gasteiger partial charge in [-0.15, -0.1) is 10.2 Å². The highest BCUT2D eigenvalue weighted by Gasteiger charge is 2.39. The van der Waals surface area contributed by atoms with E-state index in [1.807, 2.05) is 0 Å². The number of amides is 1. The molecule has 22 heavy (non-hydrogen) atoms. The van der Waals surface area contributed by atoms with Gasteiger partial charge in [-0.1, -0.05) is 0 Å². The summed E-state index contributed by atoms with van der Waals surface area (Å²) in [4.78, 5) is 13.6. The van der Waals surface area contributed by atoms with Crippen molar-refractivity contribution in [1.82, 2.24) is 19.7 Å². The molecule has 0 N–H and O–H groups in total. The Morgan fingerprint density at radius 1 is 1.09 bits per heavy atom. The first-order valence-electron chi connectivity index (χ1n) is 6.40. The Kier molecular flexibility index (Phi) is 3.34. The fraction of sp³-hybridized carbons (Fsp3) is 0.308. The van der Waals surface area contributed by atoms with Gasteiger partial charge in [0.05, 0.1) is 6.54 Å². The largest absolute Gasteiger partial charge is 0.451 e. The van der Waals surface area contributed by atoms with Crippen LogP contribution in [0.5, 0.6) is 0 Å². The van der Waals surface area contributed by atoms with E-state index in [1.165, 1.54) is 17.0 Å². The Bertz CT molecular complexity index is 708. The first-order chi connectivity index (χ1) is 10.4. The second kappa shape index (κ2) is 5.08. The normalized spacial score (nSPS) is 14.8. The molecular weight excluding hydrogens is 304 g/mol. The van der Waals surface area contributed by atoms with E-state index < -0.39 is 17.8 Å². The van der Waals surface area contributed by atoms with Crippen LogP contribution in [0.15, 0.2) is 24.3 Å². The molecule has 0 fully saturated rings. The zero-order valence-electron chi connectivity index (χ0n) is 11.1. The zero-order chi connectivity index (χ0) is 15.9. The average molecular weight is 314 g/mol. The Labute approximate surface area is 122 Å². The number of carbonyl (C=O) groups excluding carboxylic acids is 1. The lowest BCUT2D eigenvalue weighted by Gasteiger charge is -2.28. The molecular formula is C13H10F4N4O. The number of benzene rings is 1. The van der Waals surface area contributed by atoms with Gasteiger partial charge in [0.25, 0.3) is 5.91 Å². The second-order valence-corrected chi connectivity index (χ2v) is 4.82. The van der Waals surface area contributed by atoms with Crippen molar-refractivity contribution in [3.63, 3.8) is 0 Å². The van der Waals surface area contributed by atoms with E-state index in [0.29, 0.717) is 0 Å². The van der Waals surface area contributed by atoms with Crippen molar-refractivity contribution < 1.29 is 22.4 Å². The van der Waals surface area contributed by atoms with Crippen LogP contribution in [0.25, 0.3) is 0 Å². The minimum Gasteiger partial charge on any atom is -0.329 e. The lowest BCUT2D eigenvalue weighted by atomic mass is 10.2. The van der Waals surface area contributed by atoms with Gasteiger partial charge in [0.1, 0.15) is 5.82 Å². The number of halogens is 4. The van der Waals surface area contributed by atoms with Crippen LogP contribution < -0.4 is 0 Å². The molecule has 1 aliphatic rings. The van der Waals surface area contributed by atoms with Gasteiger partial charge in [0.15, 0.2) is 5.82 Å². The molecule has 0 saturated carbocycles. The van der Waals surface area contributed by atoms with E-state index in [4.69, 9.17) is 0 Å². The summed E-state index contributed by atoms with van der Waals surface area (Å²) in [5.41, 5.74) is 0.269. The van der Waals surface area contributed by atoms with Crippen LogP contribution in [0.2, 0.25) is 0 Å². The number of carbonyl (C=O) groups is 1. The highest BCUT2D eigenvalue weighted by molar-refractivity contribution is 5.94. The van der Waals surface area contributed by atoms with Gasteiger partial charge < -0.3 is 9.47 Å². The lowest BCUT2D eigenvalue weighted by Crippen LogP contribution is -2.39. The lowest BCUT2D eigenvalue weighted by molar-refractivity contribution is -0.147. The number of nitrogens with zero attached hydrogens (tertiary/aromatic N) is 4. The molecule has 3 rings (SSSR count). The SMILES string of the molecule is O=C(c1ccc(F)cc1)N1CCn2c(nnc2C(F)(F)F)C1. The van der Waals surface area contributed by atoms with Gasteiger partial charge in [-0.05, 0) is 24.3 Å². The van der Waals surface area contributed by atoms with Crippen LogP contribution in [0, 0.1) is 5.82 Å². The molecule has 1 aliphatic heterocycles. The van der Waals surface area contributed by atoms with Gasteiger partial charge >= 0.3 is 6.18 Å². The molecule has 1 amide bonds. The predicted molar refractivity (Wildman–Crippen MR) is 66.2 cm³/mol. The Hall–Kier alpha value is -2.45. The van der Waals surface area contributed by atoms with Crippen molar-refractivity contribution in [3.05, 3.63) is 47.3 Å². The van der Waals surface area contributed by atoms with Crippen molar-refractivity contribution >= 4 is 5.91 Å². The molecule has 1 aromatic carbocycles. The van der Waals surface area contributed by atoms with Crippen molar-refractivity contribution in [3.8, 4) is 0 Å². The van der Waals surface area contributed by atoms with E-state index in [9.17, 15) is 22.4 Å². The van der Waals surface area contributed by atoms with Crippen molar-refractivity contribution in [2.24, 2.45) is 0 Å². The van der Waals surface area contributed by atoms with E-state index in [2.05, 4.69) is 10.2 Å². The minimum absolute atomic E-state index is 0.0376. The first kappa shape index (κ1) is 14.5. The van der Waals surface area contributed by atoms with Crippen molar-refractivity contribution in [1.29, 1.82) is 0 Å². The monoisotopic (exact) mass is 314 g/mol.